The smallest absolute Gasteiger partial charge is 0.261 e. The predicted molar refractivity (Wildman–Crippen MR) is 145 cm³/mol. The van der Waals surface area contributed by atoms with Crippen molar-refractivity contribution < 1.29 is 21.6 Å². The van der Waals surface area contributed by atoms with Gasteiger partial charge in [0.1, 0.15) is 0 Å². The van der Waals surface area contributed by atoms with Crippen LogP contribution >= 0.6 is 34.8 Å². The highest BCUT2D eigenvalue weighted by atomic mass is 35.5. The third-order valence-electron chi connectivity index (χ3n) is 4.91. The molecule has 0 radical (unpaired) electrons. The maximum atomic E-state index is 12.7. The van der Waals surface area contributed by atoms with Crippen molar-refractivity contribution in [1.29, 1.82) is 0 Å². The number of anilines is 3. The van der Waals surface area contributed by atoms with Gasteiger partial charge in [0.15, 0.2) is 0 Å². The molecule has 0 aromatic heterocycles. The summed E-state index contributed by atoms with van der Waals surface area (Å²) in [5.41, 5.74) is 0.937. The van der Waals surface area contributed by atoms with Crippen LogP contribution in [0.1, 0.15) is 12.8 Å². The lowest BCUT2D eigenvalue weighted by Gasteiger charge is -2.22. The van der Waals surface area contributed by atoms with Gasteiger partial charge in [-0.3, -0.25) is 13.8 Å². The summed E-state index contributed by atoms with van der Waals surface area (Å²) in [5, 5.41) is 3.36. The fraction of sp³-hybridized carbons (Fsp3) is 0.174. The first-order chi connectivity index (χ1) is 16.9. The third-order valence-corrected chi connectivity index (χ3v) is 8.54. The summed E-state index contributed by atoms with van der Waals surface area (Å²) in [5.74, 6) is -0.353. The second-order valence-corrected chi connectivity index (χ2v) is 12.5. The molecular weight excluding hydrogens is 569 g/mol. The van der Waals surface area contributed by atoms with Crippen molar-refractivity contribution in [3.8, 4) is 0 Å². The van der Waals surface area contributed by atoms with Gasteiger partial charge in [-0.05, 0) is 61.0 Å². The number of rotatable bonds is 10. The molecule has 0 saturated heterocycles. The van der Waals surface area contributed by atoms with Crippen LogP contribution in [0, 0.1) is 0 Å². The fourth-order valence-corrected chi connectivity index (χ4v) is 5.85. The first-order valence-corrected chi connectivity index (χ1v) is 14.9. The van der Waals surface area contributed by atoms with E-state index in [1.54, 1.807) is 24.3 Å². The molecular formula is C23H22Cl3N3O5S2. The van der Waals surface area contributed by atoms with Gasteiger partial charge in [0.25, 0.3) is 10.0 Å². The molecule has 0 heterocycles. The minimum absolute atomic E-state index is 0.0399. The lowest BCUT2D eigenvalue weighted by Crippen LogP contribution is -2.31. The van der Waals surface area contributed by atoms with Gasteiger partial charge in [0.2, 0.25) is 15.9 Å². The summed E-state index contributed by atoms with van der Waals surface area (Å²) in [7, 11) is -7.52. The standard InChI is InChI=1S/C23H22Cl3N3O5S2/c1-35(31,32)29(18-6-2-5-16(24)15-18)14-4-9-22(30)27-17-10-12-19(13-11-17)36(33,34)28-21-8-3-7-20(25)23(21)26/h2-3,5-8,10-13,15,28H,4,9,14H2,1H3,(H,27,30). The molecule has 0 aliphatic carbocycles. The number of carbonyl (C=O) groups is 1. The zero-order valence-electron chi connectivity index (χ0n) is 18.9. The van der Waals surface area contributed by atoms with Crippen molar-refractivity contribution in [3.05, 3.63) is 81.8 Å². The maximum absolute atomic E-state index is 12.7. The summed E-state index contributed by atoms with van der Waals surface area (Å²) in [4.78, 5) is 12.3. The van der Waals surface area contributed by atoms with E-state index < -0.39 is 20.0 Å². The normalized spacial score (nSPS) is 11.7. The SMILES string of the molecule is CS(=O)(=O)N(CCCC(=O)Nc1ccc(S(=O)(=O)Nc2cccc(Cl)c2Cl)cc1)c1cccc(Cl)c1. The van der Waals surface area contributed by atoms with Crippen LogP contribution in [0.5, 0.6) is 0 Å². The van der Waals surface area contributed by atoms with Crippen LogP contribution < -0.4 is 14.3 Å². The predicted octanol–water partition coefficient (Wildman–Crippen LogP) is 5.63. The molecule has 0 unspecified atom stereocenters. The van der Waals surface area contributed by atoms with E-state index in [-0.39, 0.29) is 45.9 Å². The highest BCUT2D eigenvalue weighted by Crippen LogP contribution is 2.31. The molecule has 3 aromatic rings. The highest BCUT2D eigenvalue weighted by Gasteiger charge is 2.19. The highest BCUT2D eigenvalue weighted by molar-refractivity contribution is 7.92. The summed E-state index contributed by atoms with van der Waals surface area (Å²) in [6.45, 7) is 0.0848. The number of carbonyl (C=O) groups excluding carboxylic acids is 1. The van der Waals surface area contributed by atoms with Crippen LogP contribution in [-0.4, -0.2) is 35.5 Å². The Balaban J connectivity index is 1.59. The Morgan fingerprint density at radius 2 is 1.58 bits per heavy atom. The van der Waals surface area contributed by atoms with Crippen LogP contribution in [0.4, 0.5) is 17.1 Å². The molecule has 192 valence electrons. The van der Waals surface area contributed by atoms with Crippen LogP contribution in [-0.2, 0) is 24.8 Å². The number of halogens is 3. The minimum Gasteiger partial charge on any atom is -0.326 e. The molecule has 36 heavy (non-hydrogen) atoms. The van der Waals surface area contributed by atoms with Crippen molar-refractivity contribution >= 4 is 77.8 Å². The molecule has 0 atom stereocenters. The summed E-state index contributed by atoms with van der Waals surface area (Å²) < 4.78 is 53.3. The van der Waals surface area contributed by atoms with E-state index in [0.717, 1.165) is 6.26 Å². The van der Waals surface area contributed by atoms with Gasteiger partial charge < -0.3 is 5.32 Å². The van der Waals surface area contributed by atoms with Gasteiger partial charge in [-0.15, -0.1) is 0 Å². The Hall–Kier alpha value is -2.50. The number of amides is 1. The maximum Gasteiger partial charge on any atom is 0.261 e. The average molecular weight is 591 g/mol. The second kappa shape index (κ2) is 11.7. The number of hydrogen-bond acceptors (Lipinski definition) is 5. The van der Waals surface area contributed by atoms with E-state index in [4.69, 9.17) is 34.8 Å². The summed E-state index contributed by atoms with van der Waals surface area (Å²) in [6.07, 6.45) is 1.38. The van der Waals surface area contributed by atoms with E-state index in [2.05, 4.69) is 10.0 Å². The minimum atomic E-state index is -3.94. The lowest BCUT2D eigenvalue weighted by molar-refractivity contribution is -0.116. The molecule has 0 spiro atoms. The topological polar surface area (TPSA) is 113 Å². The van der Waals surface area contributed by atoms with E-state index in [0.29, 0.717) is 16.4 Å². The molecule has 0 fully saturated rings. The van der Waals surface area contributed by atoms with Gasteiger partial charge in [0, 0.05) is 23.7 Å². The molecule has 3 aromatic carbocycles. The third kappa shape index (κ3) is 7.50. The molecule has 2 N–H and O–H groups in total. The first-order valence-electron chi connectivity index (χ1n) is 10.5. The van der Waals surface area contributed by atoms with Crippen molar-refractivity contribution in [1.82, 2.24) is 0 Å². The summed E-state index contributed by atoms with van der Waals surface area (Å²) >= 11 is 17.9. The Bertz CT molecular complexity index is 1460. The lowest BCUT2D eigenvalue weighted by atomic mass is 10.2. The zero-order chi connectivity index (χ0) is 26.5. The second-order valence-electron chi connectivity index (χ2n) is 7.70. The monoisotopic (exact) mass is 589 g/mol. The van der Waals surface area contributed by atoms with E-state index in [1.807, 2.05) is 0 Å². The van der Waals surface area contributed by atoms with Crippen LogP contribution in [0.2, 0.25) is 15.1 Å². The molecule has 3 rings (SSSR count). The molecule has 0 saturated carbocycles. The first kappa shape index (κ1) is 28.1. The van der Waals surface area contributed by atoms with Crippen LogP contribution in [0.3, 0.4) is 0 Å². The number of hydrogen-bond donors (Lipinski definition) is 2. The summed E-state index contributed by atoms with van der Waals surface area (Å²) in [6, 6.07) is 16.6. The van der Waals surface area contributed by atoms with Gasteiger partial charge in [0.05, 0.1) is 32.6 Å². The van der Waals surface area contributed by atoms with Gasteiger partial charge in [-0.2, -0.15) is 0 Å². The Labute approximate surface area is 225 Å². The molecule has 0 aliphatic rings. The van der Waals surface area contributed by atoms with Crippen molar-refractivity contribution in [2.75, 3.05) is 27.1 Å². The van der Waals surface area contributed by atoms with E-state index >= 15 is 0 Å². The van der Waals surface area contributed by atoms with Gasteiger partial charge in [-0.1, -0.05) is 46.9 Å². The Morgan fingerprint density at radius 3 is 2.22 bits per heavy atom. The molecule has 1 amide bonds. The van der Waals surface area contributed by atoms with Crippen molar-refractivity contribution in [2.24, 2.45) is 0 Å². The van der Waals surface area contributed by atoms with Crippen LogP contribution in [0.25, 0.3) is 0 Å². The largest absolute Gasteiger partial charge is 0.326 e. The zero-order valence-corrected chi connectivity index (χ0v) is 22.8. The van der Waals surface area contributed by atoms with E-state index in [9.17, 15) is 21.6 Å². The average Bonchev–Trinajstić information content (AvgIpc) is 2.79. The number of nitrogens with zero attached hydrogens (tertiary/aromatic N) is 1. The van der Waals surface area contributed by atoms with E-state index in [1.165, 1.54) is 46.8 Å². The van der Waals surface area contributed by atoms with Gasteiger partial charge in [-0.25, -0.2) is 16.8 Å². The van der Waals surface area contributed by atoms with Crippen molar-refractivity contribution in [3.63, 3.8) is 0 Å². The van der Waals surface area contributed by atoms with Gasteiger partial charge >= 0.3 is 0 Å². The fourth-order valence-electron chi connectivity index (χ4n) is 3.23. The quantitative estimate of drug-likeness (QED) is 0.318. The number of nitrogens with one attached hydrogen (secondary N) is 2. The molecule has 8 nitrogen and oxygen atoms in total. The Kier molecular flexibility index (Phi) is 9.13. The van der Waals surface area contributed by atoms with Crippen molar-refractivity contribution in [2.45, 2.75) is 17.7 Å². The number of benzene rings is 3. The molecule has 0 bridgehead atoms. The molecule has 0 aliphatic heterocycles. The molecule has 13 heteroatoms. The number of sulfonamides is 2. The van der Waals surface area contributed by atoms with Crippen LogP contribution in [0.15, 0.2) is 71.6 Å². The Morgan fingerprint density at radius 1 is 0.917 bits per heavy atom.